The van der Waals surface area contributed by atoms with Crippen molar-refractivity contribution in [1.82, 2.24) is 0 Å². The lowest BCUT2D eigenvalue weighted by atomic mass is 10.0. The van der Waals surface area contributed by atoms with E-state index >= 15 is 0 Å². The standard InChI is InChI=1S/C20H16O2/c21-14-16-9-11-20(12-10-16)22-15-17-5-4-8-19(13-17)18-6-2-1-3-7-18/h1-14H,15H2. The number of benzene rings is 3. The minimum absolute atomic E-state index is 0.501. The van der Waals surface area contributed by atoms with Crippen LogP contribution in [0.3, 0.4) is 0 Å². The highest BCUT2D eigenvalue weighted by Gasteiger charge is 2.00. The van der Waals surface area contributed by atoms with Gasteiger partial charge in [-0.3, -0.25) is 4.79 Å². The molecule has 22 heavy (non-hydrogen) atoms. The monoisotopic (exact) mass is 288 g/mol. The summed E-state index contributed by atoms with van der Waals surface area (Å²) in [4.78, 5) is 10.6. The van der Waals surface area contributed by atoms with Crippen LogP contribution in [0.15, 0.2) is 78.9 Å². The van der Waals surface area contributed by atoms with Gasteiger partial charge in [0.05, 0.1) is 0 Å². The zero-order valence-electron chi connectivity index (χ0n) is 12.1. The minimum Gasteiger partial charge on any atom is -0.489 e. The SMILES string of the molecule is O=Cc1ccc(OCc2cccc(-c3ccccc3)c2)cc1. The first-order chi connectivity index (χ1) is 10.8. The third kappa shape index (κ3) is 3.41. The van der Waals surface area contributed by atoms with Crippen LogP contribution in [-0.2, 0) is 6.61 Å². The summed E-state index contributed by atoms with van der Waals surface area (Å²) in [5, 5.41) is 0. The second-order valence-corrected chi connectivity index (χ2v) is 5.04. The van der Waals surface area contributed by atoms with Gasteiger partial charge in [-0.15, -0.1) is 0 Å². The van der Waals surface area contributed by atoms with Crippen LogP contribution in [0.2, 0.25) is 0 Å². The number of aldehydes is 1. The Kier molecular flexibility index (Phi) is 4.30. The quantitative estimate of drug-likeness (QED) is 0.634. The van der Waals surface area contributed by atoms with Crippen LogP contribution in [-0.4, -0.2) is 6.29 Å². The Bertz CT molecular complexity index is 746. The van der Waals surface area contributed by atoms with Crippen molar-refractivity contribution < 1.29 is 9.53 Å². The fraction of sp³-hybridized carbons (Fsp3) is 0.0500. The predicted octanol–water partition coefficient (Wildman–Crippen LogP) is 4.75. The molecule has 0 aliphatic carbocycles. The molecule has 0 aliphatic rings. The molecule has 0 spiro atoms. The first-order valence-electron chi connectivity index (χ1n) is 7.17. The molecule has 2 heteroatoms. The second kappa shape index (κ2) is 6.72. The molecule has 0 aromatic heterocycles. The summed E-state index contributed by atoms with van der Waals surface area (Å²) in [6, 6.07) is 25.7. The van der Waals surface area contributed by atoms with Crippen LogP contribution >= 0.6 is 0 Å². The average Bonchev–Trinajstić information content (AvgIpc) is 2.61. The lowest BCUT2D eigenvalue weighted by molar-refractivity contribution is 0.112. The molecule has 2 nitrogen and oxygen atoms in total. The van der Waals surface area contributed by atoms with Crippen LogP contribution in [0.1, 0.15) is 15.9 Å². The van der Waals surface area contributed by atoms with Gasteiger partial charge in [-0.1, -0.05) is 48.5 Å². The third-order valence-electron chi connectivity index (χ3n) is 3.46. The molecule has 108 valence electrons. The van der Waals surface area contributed by atoms with E-state index in [0.717, 1.165) is 17.6 Å². The molecule has 0 atom stereocenters. The van der Waals surface area contributed by atoms with Gasteiger partial charge >= 0.3 is 0 Å². The maximum Gasteiger partial charge on any atom is 0.150 e. The van der Waals surface area contributed by atoms with Gasteiger partial charge in [0.15, 0.2) is 0 Å². The highest BCUT2D eigenvalue weighted by atomic mass is 16.5. The van der Waals surface area contributed by atoms with Crippen LogP contribution in [0.4, 0.5) is 0 Å². The largest absolute Gasteiger partial charge is 0.489 e. The van der Waals surface area contributed by atoms with Crippen molar-refractivity contribution in [3.05, 3.63) is 90.0 Å². The van der Waals surface area contributed by atoms with Crippen molar-refractivity contribution in [2.24, 2.45) is 0 Å². The van der Waals surface area contributed by atoms with E-state index in [1.165, 1.54) is 11.1 Å². The van der Waals surface area contributed by atoms with Crippen LogP contribution in [0.25, 0.3) is 11.1 Å². The molecule has 3 aromatic rings. The molecule has 0 fully saturated rings. The Hall–Kier alpha value is -2.87. The number of rotatable bonds is 5. The third-order valence-corrected chi connectivity index (χ3v) is 3.46. The smallest absolute Gasteiger partial charge is 0.150 e. The molecule has 0 heterocycles. The van der Waals surface area contributed by atoms with Crippen LogP contribution < -0.4 is 4.74 Å². The van der Waals surface area contributed by atoms with Crippen molar-refractivity contribution in [2.45, 2.75) is 6.61 Å². The average molecular weight is 288 g/mol. The van der Waals surface area contributed by atoms with Crippen molar-refractivity contribution in [1.29, 1.82) is 0 Å². The molecule has 0 unspecified atom stereocenters. The van der Waals surface area contributed by atoms with Gasteiger partial charge in [-0.2, -0.15) is 0 Å². The number of ether oxygens (including phenoxy) is 1. The van der Waals surface area contributed by atoms with Gasteiger partial charge in [0.1, 0.15) is 18.6 Å². The van der Waals surface area contributed by atoms with E-state index < -0.39 is 0 Å². The summed E-state index contributed by atoms with van der Waals surface area (Å²) in [7, 11) is 0. The maximum absolute atomic E-state index is 10.6. The minimum atomic E-state index is 0.501. The Balaban J connectivity index is 1.71. The Morgan fingerprint density at radius 3 is 2.23 bits per heavy atom. The Morgan fingerprint density at radius 2 is 1.50 bits per heavy atom. The van der Waals surface area contributed by atoms with Crippen LogP contribution in [0.5, 0.6) is 5.75 Å². The van der Waals surface area contributed by atoms with Gasteiger partial charge in [-0.25, -0.2) is 0 Å². The molecule has 0 aliphatic heterocycles. The Morgan fingerprint density at radius 1 is 0.773 bits per heavy atom. The molecule has 0 amide bonds. The molecular weight excluding hydrogens is 272 g/mol. The highest BCUT2D eigenvalue weighted by Crippen LogP contribution is 2.21. The van der Waals surface area contributed by atoms with Gasteiger partial charge in [0, 0.05) is 5.56 Å². The molecule has 3 rings (SSSR count). The summed E-state index contributed by atoms with van der Waals surface area (Å²) < 4.78 is 5.77. The van der Waals surface area contributed by atoms with Crippen molar-refractivity contribution in [3.63, 3.8) is 0 Å². The van der Waals surface area contributed by atoms with Gasteiger partial charge < -0.3 is 4.74 Å². The zero-order chi connectivity index (χ0) is 15.2. The first kappa shape index (κ1) is 14.1. The Labute approximate surface area is 130 Å². The lowest BCUT2D eigenvalue weighted by Gasteiger charge is -2.08. The summed E-state index contributed by atoms with van der Waals surface area (Å²) >= 11 is 0. The van der Waals surface area contributed by atoms with Gasteiger partial charge in [0.2, 0.25) is 0 Å². The molecule has 3 aromatic carbocycles. The predicted molar refractivity (Wildman–Crippen MR) is 88.0 cm³/mol. The fourth-order valence-corrected chi connectivity index (χ4v) is 2.28. The van der Waals surface area contributed by atoms with Crippen molar-refractivity contribution in [2.75, 3.05) is 0 Å². The van der Waals surface area contributed by atoms with E-state index in [9.17, 15) is 4.79 Å². The van der Waals surface area contributed by atoms with E-state index in [-0.39, 0.29) is 0 Å². The topological polar surface area (TPSA) is 26.3 Å². The van der Waals surface area contributed by atoms with E-state index in [0.29, 0.717) is 12.2 Å². The second-order valence-electron chi connectivity index (χ2n) is 5.04. The first-order valence-corrected chi connectivity index (χ1v) is 7.17. The van der Waals surface area contributed by atoms with E-state index in [4.69, 9.17) is 4.74 Å². The highest BCUT2D eigenvalue weighted by molar-refractivity contribution is 5.74. The van der Waals surface area contributed by atoms with Crippen molar-refractivity contribution in [3.8, 4) is 16.9 Å². The summed E-state index contributed by atoms with van der Waals surface area (Å²) in [6.45, 7) is 0.501. The molecule has 0 saturated heterocycles. The van der Waals surface area contributed by atoms with E-state index in [1.54, 1.807) is 12.1 Å². The summed E-state index contributed by atoms with van der Waals surface area (Å²) in [6.07, 6.45) is 0.827. The number of carbonyl (C=O) groups is 1. The van der Waals surface area contributed by atoms with Crippen LogP contribution in [0, 0.1) is 0 Å². The summed E-state index contributed by atoms with van der Waals surface area (Å²) in [5.74, 6) is 0.760. The molecule has 0 radical (unpaired) electrons. The molecule has 0 bridgehead atoms. The maximum atomic E-state index is 10.6. The lowest BCUT2D eigenvalue weighted by Crippen LogP contribution is -1.95. The number of hydrogen-bond acceptors (Lipinski definition) is 2. The molecular formula is C20H16O2. The fourth-order valence-electron chi connectivity index (χ4n) is 2.28. The zero-order valence-corrected chi connectivity index (χ0v) is 12.1. The number of carbonyl (C=O) groups excluding carboxylic acids is 1. The number of hydrogen-bond donors (Lipinski definition) is 0. The van der Waals surface area contributed by atoms with Gasteiger partial charge in [0.25, 0.3) is 0 Å². The normalized spacial score (nSPS) is 10.2. The van der Waals surface area contributed by atoms with Gasteiger partial charge in [-0.05, 0) is 47.0 Å². The van der Waals surface area contributed by atoms with E-state index in [2.05, 4.69) is 24.3 Å². The molecule has 0 N–H and O–H groups in total. The van der Waals surface area contributed by atoms with E-state index in [1.807, 2.05) is 42.5 Å². The molecule has 0 saturated carbocycles. The van der Waals surface area contributed by atoms with Crippen molar-refractivity contribution >= 4 is 6.29 Å². The summed E-state index contributed by atoms with van der Waals surface area (Å²) in [5.41, 5.74) is 4.14.